The number of nitrogens with zero attached hydrogens (tertiary/aromatic N) is 3. The van der Waals surface area contributed by atoms with Crippen molar-refractivity contribution in [3.8, 4) is 11.5 Å². The van der Waals surface area contributed by atoms with Crippen molar-refractivity contribution in [1.82, 2.24) is 25.2 Å². The maximum atomic E-state index is 12.4. The summed E-state index contributed by atoms with van der Waals surface area (Å²) in [5.74, 6) is 1.95. The number of rotatable bonds is 8. The van der Waals surface area contributed by atoms with Gasteiger partial charge in [0.1, 0.15) is 23.3 Å². The van der Waals surface area contributed by atoms with E-state index in [0.29, 0.717) is 23.3 Å². The van der Waals surface area contributed by atoms with Gasteiger partial charge in [0.25, 0.3) is 5.91 Å². The standard InChI is InChI=1S/C14H19N5O.C14H15NO.C5H9N/c1-5-6-9-10(13(20)18-14(2,3)4)7-19-11(9)12(15)16-8-17-19;1-11-6-3-4-9-14(11)16-13-8-5-7-12(10-13)15-2;1-3-4-5-6-2/h5,7-8H,1,6H2,2-4H3,(H,18,20)(H2,15,16,17);3-10,15H,1-2H3;3-6H,1H2,2H3/b;;5-4+. The molecule has 0 radical (unpaired) electrons. The molecule has 1 amide bonds. The monoisotopic (exact) mass is 569 g/mol. The predicted octanol–water partition coefficient (Wildman–Crippen LogP) is 6.30. The number of anilines is 2. The summed E-state index contributed by atoms with van der Waals surface area (Å²) < 4.78 is 7.39. The minimum Gasteiger partial charge on any atom is -0.457 e. The SMILES string of the molecule is C=C/C=C/NC.C=CCc1c(C(=O)NC(C)(C)C)cn2ncnc(N)c12.CNc1cccc(Oc2ccccc2C)c1. The highest BCUT2D eigenvalue weighted by molar-refractivity contribution is 5.99. The lowest BCUT2D eigenvalue weighted by Gasteiger charge is -2.20. The molecule has 4 aromatic rings. The molecule has 0 aliphatic heterocycles. The van der Waals surface area contributed by atoms with Crippen molar-refractivity contribution in [2.45, 2.75) is 39.7 Å². The van der Waals surface area contributed by atoms with E-state index in [9.17, 15) is 4.79 Å². The highest BCUT2D eigenvalue weighted by Gasteiger charge is 2.22. The third kappa shape index (κ3) is 10.2. The van der Waals surface area contributed by atoms with Gasteiger partial charge in [-0.05, 0) is 75.7 Å². The van der Waals surface area contributed by atoms with Gasteiger partial charge in [-0.3, -0.25) is 4.79 Å². The molecule has 0 aliphatic rings. The first-order valence-corrected chi connectivity index (χ1v) is 13.5. The number of ether oxygens (including phenoxy) is 1. The second-order valence-corrected chi connectivity index (χ2v) is 10.2. The molecule has 0 atom stereocenters. The van der Waals surface area contributed by atoms with Crippen LogP contribution in [0.2, 0.25) is 0 Å². The van der Waals surface area contributed by atoms with Gasteiger partial charge < -0.3 is 26.4 Å². The molecule has 0 aliphatic carbocycles. The van der Waals surface area contributed by atoms with Crippen molar-refractivity contribution in [3.05, 3.63) is 115 Å². The summed E-state index contributed by atoms with van der Waals surface area (Å²) >= 11 is 0. The van der Waals surface area contributed by atoms with E-state index in [0.717, 1.165) is 28.3 Å². The fourth-order valence-corrected chi connectivity index (χ4v) is 3.73. The van der Waals surface area contributed by atoms with Crippen LogP contribution in [0.4, 0.5) is 11.5 Å². The molecule has 0 saturated carbocycles. The molecule has 0 saturated heterocycles. The van der Waals surface area contributed by atoms with E-state index < -0.39 is 0 Å². The molecular weight excluding hydrogens is 526 g/mol. The number of amides is 1. The Kier molecular flexibility index (Phi) is 12.8. The van der Waals surface area contributed by atoms with E-state index in [2.05, 4.69) is 39.2 Å². The van der Waals surface area contributed by atoms with Crippen molar-refractivity contribution in [2.24, 2.45) is 0 Å². The molecule has 0 fully saturated rings. The van der Waals surface area contributed by atoms with E-state index in [-0.39, 0.29) is 11.4 Å². The Morgan fingerprint density at radius 2 is 1.86 bits per heavy atom. The van der Waals surface area contributed by atoms with Gasteiger partial charge in [0.05, 0.1) is 5.56 Å². The first kappa shape index (κ1) is 33.2. The summed E-state index contributed by atoms with van der Waals surface area (Å²) in [5, 5.41) is 12.9. The number of aryl methyl sites for hydroxylation is 1. The summed E-state index contributed by atoms with van der Waals surface area (Å²) in [5.41, 5.74) is 9.76. The molecule has 9 heteroatoms. The van der Waals surface area contributed by atoms with Crippen molar-refractivity contribution in [2.75, 3.05) is 25.1 Å². The highest BCUT2D eigenvalue weighted by atomic mass is 16.5. The highest BCUT2D eigenvalue weighted by Crippen LogP contribution is 2.26. The van der Waals surface area contributed by atoms with Gasteiger partial charge in [-0.25, -0.2) is 9.50 Å². The molecule has 0 spiro atoms. The van der Waals surface area contributed by atoms with E-state index in [4.69, 9.17) is 10.5 Å². The zero-order chi connectivity index (χ0) is 31.1. The molecule has 2 heterocycles. The first-order valence-electron chi connectivity index (χ1n) is 13.5. The van der Waals surface area contributed by atoms with Crippen LogP contribution in [0.5, 0.6) is 11.5 Å². The fraction of sp³-hybridized carbons (Fsp3) is 0.242. The quantitative estimate of drug-likeness (QED) is 0.145. The van der Waals surface area contributed by atoms with Crippen molar-refractivity contribution in [1.29, 1.82) is 0 Å². The van der Waals surface area contributed by atoms with E-state index in [1.165, 1.54) is 6.33 Å². The van der Waals surface area contributed by atoms with Crippen LogP contribution in [-0.2, 0) is 6.42 Å². The van der Waals surface area contributed by atoms with Crippen LogP contribution in [0.3, 0.4) is 0 Å². The number of nitrogens with one attached hydrogen (secondary N) is 3. The molecule has 222 valence electrons. The number of nitrogen functional groups attached to an aromatic ring is 1. The Balaban J connectivity index is 0.000000250. The van der Waals surface area contributed by atoms with Gasteiger partial charge in [0.15, 0.2) is 5.82 Å². The maximum Gasteiger partial charge on any atom is 0.253 e. The zero-order valence-electron chi connectivity index (χ0n) is 25.4. The number of allylic oxidation sites excluding steroid dienone is 3. The molecule has 4 rings (SSSR count). The Hall–Kier alpha value is -5.05. The normalized spacial score (nSPS) is 10.5. The number of hydrogen-bond acceptors (Lipinski definition) is 7. The number of nitrogens with two attached hydrogens (primary N) is 1. The fourth-order valence-electron chi connectivity index (χ4n) is 3.73. The largest absolute Gasteiger partial charge is 0.457 e. The van der Waals surface area contributed by atoms with Crippen molar-refractivity contribution >= 4 is 22.9 Å². The third-order valence-corrected chi connectivity index (χ3v) is 5.63. The second-order valence-electron chi connectivity index (χ2n) is 10.2. The smallest absolute Gasteiger partial charge is 0.253 e. The summed E-state index contributed by atoms with van der Waals surface area (Å²) in [4.78, 5) is 16.4. The lowest BCUT2D eigenvalue weighted by molar-refractivity contribution is 0.0919. The third-order valence-electron chi connectivity index (χ3n) is 5.63. The maximum absolute atomic E-state index is 12.4. The molecule has 42 heavy (non-hydrogen) atoms. The van der Waals surface area contributed by atoms with Gasteiger partial charge in [-0.1, -0.05) is 43.0 Å². The summed E-state index contributed by atoms with van der Waals surface area (Å²) in [6.07, 6.45) is 10.7. The Morgan fingerprint density at radius 1 is 1.12 bits per heavy atom. The average Bonchev–Trinajstić information content (AvgIpc) is 3.33. The number of carbonyl (C=O) groups is 1. The van der Waals surface area contributed by atoms with Crippen LogP contribution in [-0.4, -0.2) is 40.1 Å². The van der Waals surface area contributed by atoms with Crippen molar-refractivity contribution < 1.29 is 9.53 Å². The lowest BCUT2D eigenvalue weighted by Crippen LogP contribution is -2.40. The number of aromatic nitrogens is 3. The van der Waals surface area contributed by atoms with Crippen LogP contribution in [0, 0.1) is 6.92 Å². The molecule has 5 N–H and O–H groups in total. The zero-order valence-corrected chi connectivity index (χ0v) is 25.4. The lowest BCUT2D eigenvalue weighted by atomic mass is 10.0. The molecule has 2 aromatic carbocycles. The molecule has 2 aromatic heterocycles. The van der Waals surface area contributed by atoms with E-state index in [1.54, 1.807) is 22.9 Å². The minimum absolute atomic E-state index is 0.153. The van der Waals surface area contributed by atoms with Crippen LogP contribution < -0.4 is 26.4 Å². The van der Waals surface area contributed by atoms with Crippen molar-refractivity contribution in [3.63, 3.8) is 0 Å². The van der Waals surface area contributed by atoms with Gasteiger partial charge >= 0.3 is 0 Å². The molecule has 0 unspecified atom stereocenters. The van der Waals surface area contributed by atoms with E-state index >= 15 is 0 Å². The van der Waals surface area contributed by atoms with Gasteiger partial charge in [-0.15, -0.1) is 6.58 Å². The Bertz CT molecular complexity index is 1500. The van der Waals surface area contributed by atoms with Gasteiger partial charge in [-0.2, -0.15) is 5.10 Å². The number of hydrogen-bond donors (Lipinski definition) is 4. The molecule has 9 nitrogen and oxygen atoms in total. The number of benzene rings is 2. The Morgan fingerprint density at radius 3 is 2.45 bits per heavy atom. The van der Waals surface area contributed by atoms with Crippen LogP contribution in [0.15, 0.2) is 98.6 Å². The summed E-state index contributed by atoms with van der Waals surface area (Å²) in [7, 11) is 3.74. The van der Waals surface area contributed by atoms with Crippen LogP contribution in [0.1, 0.15) is 42.3 Å². The van der Waals surface area contributed by atoms with Gasteiger partial charge in [0.2, 0.25) is 0 Å². The topological polar surface area (TPSA) is 119 Å². The number of fused-ring (bicyclic) bond motifs is 1. The minimum atomic E-state index is -0.312. The summed E-state index contributed by atoms with van der Waals surface area (Å²) in [6, 6.07) is 15.9. The Labute approximate surface area is 249 Å². The van der Waals surface area contributed by atoms with Crippen LogP contribution >= 0.6 is 0 Å². The second kappa shape index (κ2) is 16.3. The number of para-hydroxylation sites is 1. The van der Waals surface area contributed by atoms with Gasteiger partial charge in [0, 0.05) is 37.6 Å². The summed E-state index contributed by atoms with van der Waals surface area (Å²) in [6.45, 7) is 15.0. The molecular formula is C33H43N7O2. The van der Waals surface area contributed by atoms with Crippen LogP contribution in [0.25, 0.3) is 5.52 Å². The first-order chi connectivity index (χ1) is 20.0. The predicted molar refractivity (Wildman–Crippen MR) is 174 cm³/mol. The average molecular weight is 570 g/mol. The number of carbonyl (C=O) groups excluding carboxylic acids is 1. The van der Waals surface area contributed by atoms with E-state index in [1.807, 2.05) is 103 Å². The molecule has 0 bridgehead atoms.